The van der Waals surface area contributed by atoms with Crippen molar-refractivity contribution in [2.45, 2.75) is 6.10 Å². The van der Waals surface area contributed by atoms with Gasteiger partial charge in [-0.2, -0.15) is 5.10 Å². The highest BCUT2D eigenvalue weighted by Crippen LogP contribution is 2.30. The van der Waals surface area contributed by atoms with Crippen molar-refractivity contribution in [3.63, 3.8) is 0 Å². The summed E-state index contributed by atoms with van der Waals surface area (Å²) in [6, 6.07) is 13.2. The molecule has 1 atom stereocenters. The summed E-state index contributed by atoms with van der Waals surface area (Å²) >= 11 is 0. The predicted octanol–water partition coefficient (Wildman–Crippen LogP) is 2.55. The summed E-state index contributed by atoms with van der Waals surface area (Å²) in [5, 5.41) is 14.4. The number of nitro benzene ring substituents is 1. The van der Waals surface area contributed by atoms with Gasteiger partial charge in [-0.3, -0.25) is 14.9 Å². The highest BCUT2D eigenvalue weighted by molar-refractivity contribution is 5.84. The first-order valence-corrected chi connectivity index (χ1v) is 7.76. The van der Waals surface area contributed by atoms with Crippen molar-refractivity contribution in [2.24, 2.45) is 5.10 Å². The van der Waals surface area contributed by atoms with Crippen molar-refractivity contribution in [1.29, 1.82) is 0 Å². The van der Waals surface area contributed by atoms with Gasteiger partial charge in [-0.1, -0.05) is 18.2 Å². The van der Waals surface area contributed by atoms with Crippen LogP contribution in [0.3, 0.4) is 0 Å². The molecular weight excluding hydrogens is 338 g/mol. The Hall–Kier alpha value is -3.68. The van der Waals surface area contributed by atoms with Crippen LogP contribution in [0.2, 0.25) is 0 Å². The minimum absolute atomic E-state index is 0.0272. The quantitative estimate of drug-likeness (QED) is 0.505. The smallest absolute Gasteiger partial charge is 0.284 e. The summed E-state index contributed by atoms with van der Waals surface area (Å²) in [7, 11) is 0. The van der Waals surface area contributed by atoms with E-state index in [1.54, 1.807) is 42.5 Å². The van der Waals surface area contributed by atoms with E-state index in [1.165, 1.54) is 18.3 Å². The maximum atomic E-state index is 12.0. The number of carbonyl (C=O) groups is 1. The maximum Gasteiger partial charge on any atom is 0.284 e. The molecule has 1 amide bonds. The minimum atomic E-state index is -0.777. The van der Waals surface area contributed by atoms with Gasteiger partial charge in [0.05, 0.1) is 4.92 Å². The number of amides is 1. The van der Waals surface area contributed by atoms with E-state index >= 15 is 0 Å². The van der Waals surface area contributed by atoms with E-state index in [0.29, 0.717) is 11.5 Å². The zero-order chi connectivity index (χ0) is 18.4. The maximum absolute atomic E-state index is 12.0. The molecule has 8 nitrogen and oxygen atoms in total. The summed E-state index contributed by atoms with van der Waals surface area (Å²) in [4.78, 5) is 22.1. The number of para-hydroxylation sites is 2. The second-order valence-corrected chi connectivity index (χ2v) is 5.33. The van der Waals surface area contributed by atoms with Crippen LogP contribution in [0.5, 0.6) is 11.5 Å². The number of non-ortho nitro benzene ring substituents is 1. The topological polar surface area (TPSA) is 103 Å². The lowest BCUT2D eigenvalue weighted by atomic mass is 10.2. The molecule has 1 aliphatic heterocycles. The first kappa shape index (κ1) is 17.2. The molecule has 0 fully saturated rings. The molecule has 1 unspecified atom stereocenters. The summed E-state index contributed by atoms with van der Waals surface area (Å²) in [5.41, 5.74) is 3.18. The van der Waals surface area contributed by atoms with Crippen molar-refractivity contribution >= 4 is 23.9 Å². The van der Waals surface area contributed by atoms with Crippen LogP contribution in [-0.2, 0) is 4.79 Å². The highest BCUT2D eigenvalue weighted by Gasteiger charge is 2.26. The van der Waals surface area contributed by atoms with E-state index in [0.717, 1.165) is 5.56 Å². The molecular formula is C18H15N3O5. The average molecular weight is 353 g/mol. The SMILES string of the molecule is O=C(NN=C/C=C/c1ccc([N+](=O)[O-])cc1)C1COc2ccccc2O1. The van der Waals surface area contributed by atoms with E-state index in [9.17, 15) is 14.9 Å². The second kappa shape index (κ2) is 7.93. The number of nitrogens with zero attached hydrogens (tertiary/aromatic N) is 2. The fourth-order valence-electron chi connectivity index (χ4n) is 2.23. The Morgan fingerprint density at radius 3 is 2.65 bits per heavy atom. The minimum Gasteiger partial charge on any atom is -0.485 e. The molecule has 0 radical (unpaired) electrons. The molecule has 0 bridgehead atoms. The number of hydrazone groups is 1. The zero-order valence-electron chi connectivity index (χ0n) is 13.6. The molecule has 3 rings (SSSR count). The molecule has 1 heterocycles. The predicted molar refractivity (Wildman–Crippen MR) is 95.1 cm³/mol. The van der Waals surface area contributed by atoms with Gasteiger partial charge in [-0.25, -0.2) is 5.43 Å². The van der Waals surface area contributed by atoms with Gasteiger partial charge in [-0.15, -0.1) is 0 Å². The second-order valence-electron chi connectivity index (χ2n) is 5.33. The van der Waals surface area contributed by atoms with Crippen molar-refractivity contribution < 1.29 is 19.2 Å². The fourth-order valence-corrected chi connectivity index (χ4v) is 2.23. The number of rotatable bonds is 5. The molecule has 0 aliphatic carbocycles. The van der Waals surface area contributed by atoms with Crippen LogP contribution in [-0.4, -0.2) is 29.8 Å². The van der Waals surface area contributed by atoms with Crippen LogP contribution >= 0.6 is 0 Å². The molecule has 1 N–H and O–H groups in total. The number of ether oxygens (including phenoxy) is 2. The van der Waals surface area contributed by atoms with Crippen LogP contribution in [0.1, 0.15) is 5.56 Å². The summed E-state index contributed by atoms with van der Waals surface area (Å²) < 4.78 is 11.0. The molecule has 2 aromatic carbocycles. The van der Waals surface area contributed by atoms with Crippen molar-refractivity contribution in [1.82, 2.24) is 5.43 Å². The Morgan fingerprint density at radius 1 is 1.19 bits per heavy atom. The molecule has 0 aromatic heterocycles. The Balaban J connectivity index is 1.49. The number of nitrogens with one attached hydrogen (secondary N) is 1. The number of benzene rings is 2. The molecule has 2 aromatic rings. The number of allylic oxidation sites excluding steroid dienone is 1. The van der Waals surface area contributed by atoms with Gasteiger partial charge in [0.15, 0.2) is 11.5 Å². The summed E-state index contributed by atoms with van der Waals surface area (Å²) in [6.45, 7) is 0.108. The highest BCUT2D eigenvalue weighted by atomic mass is 16.6. The standard InChI is InChI=1S/C18H15N3O5/c22-18(17-12-25-15-5-1-2-6-16(15)26-17)20-19-11-3-4-13-7-9-14(10-8-13)21(23)24/h1-11,17H,12H2,(H,20,22)/b4-3+,19-11?. The van der Waals surface area contributed by atoms with Gasteiger partial charge >= 0.3 is 0 Å². The number of hydrogen-bond acceptors (Lipinski definition) is 6. The van der Waals surface area contributed by atoms with Crippen LogP contribution < -0.4 is 14.9 Å². The van der Waals surface area contributed by atoms with E-state index in [-0.39, 0.29) is 12.3 Å². The van der Waals surface area contributed by atoms with E-state index < -0.39 is 16.9 Å². The van der Waals surface area contributed by atoms with E-state index in [2.05, 4.69) is 10.5 Å². The third kappa shape index (κ3) is 4.23. The molecule has 132 valence electrons. The lowest BCUT2D eigenvalue weighted by Gasteiger charge is -2.24. The van der Waals surface area contributed by atoms with Gasteiger partial charge in [0.25, 0.3) is 11.6 Å². The van der Waals surface area contributed by atoms with Crippen LogP contribution in [0.25, 0.3) is 6.08 Å². The number of fused-ring (bicyclic) bond motifs is 1. The molecule has 26 heavy (non-hydrogen) atoms. The third-order valence-electron chi connectivity index (χ3n) is 3.53. The third-order valence-corrected chi connectivity index (χ3v) is 3.53. The number of hydrogen-bond donors (Lipinski definition) is 1. The zero-order valence-corrected chi connectivity index (χ0v) is 13.6. The Kier molecular flexibility index (Phi) is 5.23. The van der Waals surface area contributed by atoms with Crippen LogP contribution in [0.15, 0.2) is 59.7 Å². The van der Waals surface area contributed by atoms with Crippen molar-refractivity contribution in [3.05, 3.63) is 70.3 Å². The summed E-state index contributed by atoms with van der Waals surface area (Å²) in [6.07, 6.45) is 3.93. The summed E-state index contributed by atoms with van der Waals surface area (Å²) in [5.74, 6) is 0.700. The van der Waals surface area contributed by atoms with E-state index in [1.807, 2.05) is 6.07 Å². The lowest BCUT2D eigenvalue weighted by molar-refractivity contribution is -0.384. The molecule has 0 saturated heterocycles. The Bertz CT molecular complexity index is 861. The number of carbonyl (C=O) groups excluding carboxylic acids is 1. The largest absolute Gasteiger partial charge is 0.485 e. The van der Waals surface area contributed by atoms with E-state index in [4.69, 9.17) is 9.47 Å². The monoisotopic (exact) mass is 353 g/mol. The first-order valence-electron chi connectivity index (χ1n) is 7.76. The molecule has 8 heteroatoms. The van der Waals surface area contributed by atoms with Gasteiger partial charge in [-0.05, 0) is 35.9 Å². The fraction of sp³-hybridized carbons (Fsp3) is 0.111. The van der Waals surface area contributed by atoms with Gasteiger partial charge in [0.1, 0.15) is 6.61 Å². The first-order chi connectivity index (χ1) is 12.6. The van der Waals surface area contributed by atoms with Crippen molar-refractivity contribution in [3.8, 4) is 11.5 Å². The lowest BCUT2D eigenvalue weighted by Crippen LogP contribution is -2.42. The van der Waals surface area contributed by atoms with Gasteiger partial charge < -0.3 is 9.47 Å². The normalized spacial score (nSPS) is 15.9. The molecule has 0 saturated carbocycles. The van der Waals surface area contributed by atoms with Crippen LogP contribution in [0.4, 0.5) is 5.69 Å². The number of nitro groups is 1. The van der Waals surface area contributed by atoms with Crippen LogP contribution in [0, 0.1) is 10.1 Å². The average Bonchev–Trinajstić information content (AvgIpc) is 2.67. The van der Waals surface area contributed by atoms with Crippen molar-refractivity contribution in [2.75, 3.05) is 6.61 Å². The van der Waals surface area contributed by atoms with Gasteiger partial charge in [0.2, 0.25) is 6.10 Å². The molecule has 0 spiro atoms. The molecule has 1 aliphatic rings. The Morgan fingerprint density at radius 2 is 1.92 bits per heavy atom. The van der Waals surface area contributed by atoms with Gasteiger partial charge in [0, 0.05) is 18.3 Å². The Labute approximate surface area is 148 Å².